The number of amides is 1. The number of esters is 1. The molecule has 1 aromatic carbocycles. The largest absolute Gasteiger partial charge is 0.469 e. The molecule has 3 N–H and O–H groups in total. The van der Waals surface area contributed by atoms with E-state index in [0.29, 0.717) is 24.6 Å². The molecule has 1 aromatic rings. The van der Waals surface area contributed by atoms with Crippen molar-refractivity contribution in [2.45, 2.75) is 20.3 Å². The van der Waals surface area contributed by atoms with Crippen LogP contribution in [0.15, 0.2) is 29.3 Å². The molecule has 1 amide bonds. The lowest BCUT2D eigenvalue weighted by Crippen LogP contribution is -2.38. The van der Waals surface area contributed by atoms with Crippen molar-refractivity contribution in [3.05, 3.63) is 35.4 Å². The highest BCUT2D eigenvalue weighted by atomic mass is 16.5. The summed E-state index contributed by atoms with van der Waals surface area (Å²) in [5.41, 5.74) is 1.71. The number of ether oxygens (including phenoxy) is 1. The van der Waals surface area contributed by atoms with E-state index in [9.17, 15) is 9.59 Å². The summed E-state index contributed by atoms with van der Waals surface area (Å²) in [6.45, 7) is 5.51. The van der Waals surface area contributed by atoms with Gasteiger partial charge in [0.2, 0.25) is 0 Å². The Morgan fingerprint density at radius 1 is 1.28 bits per heavy atom. The number of carbonyl (C=O) groups excluding carboxylic acids is 2. The summed E-state index contributed by atoms with van der Waals surface area (Å²) in [5.74, 6) is -0.00229. The highest BCUT2D eigenvalue weighted by molar-refractivity contribution is 5.94. The van der Waals surface area contributed by atoms with E-state index in [1.165, 1.54) is 7.11 Å². The Morgan fingerprint density at radius 3 is 2.68 bits per heavy atom. The number of hydrogen-bond donors (Lipinski definition) is 3. The van der Waals surface area contributed by atoms with Gasteiger partial charge in [0.15, 0.2) is 5.96 Å². The van der Waals surface area contributed by atoms with E-state index in [2.05, 4.69) is 20.9 Å². The Labute approximate surface area is 149 Å². The van der Waals surface area contributed by atoms with Crippen molar-refractivity contribution in [2.75, 3.05) is 33.8 Å². The van der Waals surface area contributed by atoms with Crippen LogP contribution in [0.3, 0.4) is 0 Å². The third-order valence-electron chi connectivity index (χ3n) is 3.59. The van der Waals surface area contributed by atoms with Crippen molar-refractivity contribution in [1.82, 2.24) is 16.0 Å². The van der Waals surface area contributed by atoms with Crippen LogP contribution in [0.5, 0.6) is 0 Å². The minimum absolute atomic E-state index is 0.0958. The molecule has 0 spiro atoms. The van der Waals surface area contributed by atoms with Gasteiger partial charge in [-0.3, -0.25) is 14.6 Å². The van der Waals surface area contributed by atoms with Gasteiger partial charge in [-0.25, -0.2) is 0 Å². The molecule has 0 saturated carbocycles. The molecule has 0 fully saturated rings. The van der Waals surface area contributed by atoms with Crippen molar-refractivity contribution in [3.63, 3.8) is 0 Å². The second-order valence-electron chi connectivity index (χ2n) is 5.60. The first kappa shape index (κ1) is 20.5. The van der Waals surface area contributed by atoms with E-state index in [-0.39, 0.29) is 17.8 Å². The van der Waals surface area contributed by atoms with Crippen molar-refractivity contribution in [1.29, 1.82) is 0 Å². The molecule has 1 atom stereocenters. The van der Waals surface area contributed by atoms with E-state index in [0.717, 1.165) is 18.5 Å². The fourth-order valence-electron chi connectivity index (χ4n) is 2.18. The van der Waals surface area contributed by atoms with Gasteiger partial charge in [0.1, 0.15) is 0 Å². The average Bonchev–Trinajstić information content (AvgIpc) is 2.64. The fourth-order valence-corrected chi connectivity index (χ4v) is 2.18. The first-order chi connectivity index (χ1) is 12.0. The molecule has 138 valence electrons. The van der Waals surface area contributed by atoms with Gasteiger partial charge in [-0.1, -0.05) is 19.1 Å². The smallest absolute Gasteiger partial charge is 0.310 e. The predicted octanol–water partition coefficient (Wildman–Crippen LogP) is 0.953. The maximum Gasteiger partial charge on any atom is 0.310 e. The van der Waals surface area contributed by atoms with Crippen molar-refractivity contribution in [2.24, 2.45) is 10.9 Å². The molecule has 0 saturated heterocycles. The van der Waals surface area contributed by atoms with Gasteiger partial charge in [0.25, 0.3) is 5.91 Å². The Morgan fingerprint density at radius 2 is 2.04 bits per heavy atom. The van der Waals surface area contributed by atoms with Gasteiger partial charge in [-0.05, 0) is 31.0 Å². The maximum atomic E-state index is 11.7. The van der Waals surface area contributed by atoms with E-state index >= 15 is 0 Å². The molecule has 0 aliphatic carbocycles. The zero-order valence-electron chi connectivity index (χ0n) is 15.4. The summed E-state index contributed by atoms with van der Waals surface area (Å²) in [6, 6.07) is 7.52. The number of methoxy groups -OCH3 is 1. The van der Waals surface area contributed by atoms with Crippen LogP contribution in [0, 0.1) is 5.92 Å². The van der Waals surface area contributed by atoms with Crippen molar-refractivity contribution in [3.8, 4) is 0 Å². The monoisotopic (exact) mass is 348 g/mol. The van der Waals surface area contributed by atoms with Crippen LogP contribution in [0.4, 0.5) is 0 Å². The van der Waals surface area contributed by atoms with Crippen LogP contribution in [-0.4, -0.2) is 51.6 Å². The minimum Gasteiger partial charge on any atom is -0.469 e. The van der Waals surface area contributed by atoms with E-state index in [1.54, 1.807) is 20.0 Å². The zero-order chi connectivity index (χ0) is 18.7. The predicted molar refractivity (Wildman–Crippen MR) is 98.7 cm³/mol. The number of aliphatic imine (C=N–C) groups is 1. The normalized spacial score (nSPS) is 12.2. The minimum atomic E-state index is -0.287. The van der Waals surface area contributed by atoms with Gasteiger partial charge >= 0.3 is 5.97 Å². The van der Waals surface area contributed by atoms with Gasteiger partial charge in [-0.15, -0.1) is 0 Å². The first-order valence-electron chi connectivity index (χ1n) is 8.42. The van der Waals surface area contributed by atoms with Gasteiger partial charge in [0, 0.05) is 25.7 Å². The molecule has 0 heterocycles. The Hall–Kier alpha value is -2.57. The number of nitrogens with one attached hydrogen (secondary N) is 3. The summed E-state index contributed by atoms with van der Waals surface area (Å²) in [7, 11) is 2.99. The standard InChI is InChI=1S/C18H28N4O3/c1-5-20-18(22-12-13(2)17(24)25-4)21-10-9-14-7-6-8-15(11-14)16(23)19-3/h6-8,11,13H,5,9-10,12H2,1-4H3,(H,19,23)(H2,20,21,22). The van der Waals surface area contributed by atoms with Crippen LogP contribution in [-0.2, 0) is 16.0 Å². The number of guanidine groups is 1. The molecule has 0 radical (unpaired) electrons. The van der Waals surface area contributed by atoms with E-state index in [1.807, 2.05) is 25.1 Å². The molecule has 0 aliphatic heterocycles. The van der Waals surface area contributed by atoms with Crippen LogP contribution in [0.2, 0.25) is 0 Å². The highest BCUT2D eigenvalue weighted by Crippen LogP contribution is 2.05. The molecular formula is C18H28N4O3. The molecule has 7 heteroatoms. The molecule has 25 heavy (non-hydrogen) atoms. The third-order valence-corrected chi connectivity index (χ3v) is 3.59. The van der Waals surface area contributed by atoms with Gasteiger partial charge in [-0.2, -0.15) is 0 Å². The Kier molecular flexibility index (Phi) is 9.06. The molecular weight excluding hydrogens is 320 g/mol. The Balaban J connectivity index is 2.57. The molecule has 1 rings (SSSR count). The van der Waals surface area contributed by atoms with Gasteiger partial charge < -0.3 is 20.7 Å². The Bertz CT molecular complexity index is 602. The zero-order valence-corrected chi connectivity index (χ0v) is 15.4. The highest BCUT2D eigenvalue weighted by Gasteiger charge is 2.12. The molecule has 0 bridgehead atoms. The van der Waals surface area contributed by atoms with Crippen molar-refractivity contribution < 1.29 is 14.3 Å². The summed E-state index contributed by atoms with van der Waals surface area (Å²) >= 11 is 0. The summed E-state index contributed by atoms with van der Waals surface area (Å²) < 4.78 is 4.70. The van der Waals surface area contributed by atoms with Crippen LogP contribution in [0.1, 0.15) is 29.8 Å². The summed E-state index contributed by atoms with van der Waals surface area (Å²) in [6.07, 6.45) is 0.752. The average molecular weight is 348 g/mol. The van der Waals surface area contributed by atoms with Crippen LogP contribution < -0.4 is 16.0 Å². The van der Waals surface area contributed by atoms with E-state index in [4.69, 9.17) is 4.74 Å². The molecule has 7 nitrogen and oxygen atoms in total. The second-order valence-corrected chi connectivity index (χ2v) is 5.60. The SMILES string of the molecule is CCNC(=NCC(C)C(=O)OC)NCCc1cccc(C(=O)NC)c1. The van der Waals surface area contributed by atoms with E-state index < -0.39 is 0 Å². The molecule has 0 aromatic heterocycles. The molecule has 0 aliphatic rings. The quantitative estimate of drug-likeness (QED) is 0.370. The number of hydrogen-bond acceptors (Lipinski definition) is 4. The fraction of sp³-hybridized carbons (Fsp3) is 0.500. The third kappa shape index (κ3) is 7.24. The van der Waals surface area contributed by atoms with Crippen LogP contribution >= 0.6 is 0 Å². The summed E-state index contributed by atoms with van der Waals surface area (Å²) in [5, 5.41) is 8.99. The topological polar surface area (TPSA) is 91.8 Å². The summed E-state index contributed by atoms with van der Waals surface area (Å²) in [4.78, 5) is 27.5. The van der Waals surface area contributed by atoms with Gasteiger partial charge in [0.05, 0.1) is 19.6 Å². The number of carbonyl (C=O) groups is 2. The lowest BCUT2D eigenvalue weighted by atomic mass is 10.1. The molecule has 1 unspecified atom stereocenters. The number of nitrogens with zero attached hydrogens (tertiary/aromatic N) is 1. The number of rotatable bonds is 8. The lowest BCUT2D eigenvalue weighted by molar-refractivity contribution is -0.144. The number of benzene rings is 1. The van der Waals surface area contributed by atoms with Crippen LogP contribution in [0.25, 0.3) is 0 Å². The maximum absolute atomic E-state index is 11.7. The second kappa shape index (κ2) is 11.1. The van der Waals surface area contributed by atoms with Crippen molar-refractivity contribution >= 4 is 17.8 Å². The first-order valence-corrected chi connectivity index (χ1v) is 8.42. The lowest BCUT2D eigenvalue weighted by Gasteiger charge is -2.13.